The molecule has 0 radical (unpaired) electrons. The van der Waals surface area contributed by atoms with E-state index < -0.39 is 16.1 Å². The minimum atomic E-state index is -3.62. The first-order valence-corrected chi connectivity index (χ1v) is 13.6. The summed E-state index contributed by atoms with van der Waals surface area (Å²) in [7, 11) is -2.11. The lowest BCUT2D eigenvalue weighted by Gasteiger charge is -2.30. The van der Waals surface area contributed by atoms with Gasteiger partial charge in [-0.25, -0.2) is 12.7 Å². The van der Waals surface area contributed by atoms with Gasteiger partial charge in [0.05, 0.1) is 4.90 Å². The Morgan fingerprint density at radius 2 is 1.65 bits per heavy atom. The van der Waals surface area contributed by atoms with Gasteiger partial charge in [0.2, 0.25) is 21.8 Å². The van der Waals surface area contributed by atoms with Crippen molar-refractivity contribution in [3.05, 3.63) is 64.6 Å². The van der Waals surface area contributed by atoms with Crippen LogP contribution in [0.4, 0.5) is 0 Å². The number of nitrogens with one attached hydrogen (secondary N) is 1. The summed E-state index contributed by atoms with van der Waals surface area (Å²) in [6, 6.07) is 15.2. The molecule has 186 valence electrons. The molecule has 0 fully saturated rings. The molecule has 2 aromatic rings. The maximum absolute atomic E-state index is 13.2. The van der Waals surface area contributed by atoms with Gasteiger partial charge < -0.3 is 10.2 Å². The van der Waals surface area contributed by atoms with E-state index in [0.29, 0.717) is 13.0 Å². The van der Waals surface area contributed by atoms with Crippen molar-refractivity contribution >= 4 is 37.8 Å². The molecule has 7 nitrogen and oxygen atoms in total. The summed E-state index contributed by atoms with van der Waals surface area (Å²) in [6.45, 7) is 6.12. The van der Waals surface area contributed by atoms with E-state index in [2.05, 4.69) is 21.2 Å². The maximum atomic E-state index is 13.2. The summed E-state index contributed by atoms with van der Waals surface area (Å²) >= 11 is 3.41. The fourth-order valence-corrected chi connectivity index (χ4v) is 4.82. The number of halogens is 1. The van der Waals surface area contributed by atoms with E-state index in [1.165, 1.54) is 11.4 Å². The Morgan fingerprint density at radius 1 is 1.03 bits per heavy atom. The van der Waals surface area contributed by atoms with Gasteiger partial charge in [-0.3, -0.25) is 9.59 Å². The average Bonchev–Trinajstić information content (AvgIpc) is 2.83. The number of hydrogen-bond donors (Lipinski definition) is 1. The zero-order valence-electron chi connectivity index (χ0n) is 20.2. The number of hydrogen-bond acceptors (Lipinski definition) is 4. The monoisotopic (exact) mass is 551 g/mol. The molecule has 0 saturated carbocycles. The molecular formula is C25H34BrN3O4S. The number of carbonyl (C=O) groups excluding carboxylic acids is 2. The lowest BCUT2D eigenvalue weighted by Crippen LogP contribution is -2.49. The molecule has 0 heterocycles. The summed E-state index contributed by atoms with van der Waals surface area (Å²) in [5.74, 6) is -0.399. The van der Waals surface area contributed by atoms with Crippen molar-refractivity contribution in [3.63, 3.8) is 0 Å². The second-order valence-electron chi connectivity index (χ2n) is 8.39. The number of sulfonamides is 1. The molecule has 0 aliphatic heterocycles. The SMILES string of the molecule is CC[C@H](C)NC(=O)[C@H](C)N(Cc1ccc(Br)cc1)C(=O)CCCN(C)S(=O)(=O)c1ccccc1. The van der Waals surface area contributed by atoms with Crippen molar-refractivity contribution in [2.75, 3.05) is 13.6 Å². The summed E-state index contributed by atoms with van der Waals surface area (Å²) < 4.78 is 27.6. The topological polar surface area (TPSA) is 86.8 Å². The number of carbonyl (C=O) groups is 2. The van der Waals surface area contributed by atoms with Crippen molar-refractivity contribution in [1.29, 1.82) is 0 Å². The van der Waals surface area contributed by atoms with Crippen LogP contribution in [-0.4, -0.2) is 55.1 Å². The predicted molar refractivity (Wildman–Crippen MR) is 138 cm³/mol. The van der Waals surface area contributed by atoms with Crippen molar-refractivity contribution in [2.45, 2.75) is 63.6 Å². The van der Waals surface area contributed by atoms with E-state index in [0.717, 1.165) is 16.5 Å². The Balaban J connectivity index is 2.08. The predicted octanol–water partition coefficient (Wildman–Crippen LogP) is 4.18. The number of benzene rings is 2. The van der Waals surface area contributed by atoms with E-state index in [9.17, 15) is 18.0 Å². The number of nitrogens with zero attached hydrogens (tertiary/aromatic N) is 2. The molecule has 0 spiro atoms. The third kappa shape index (κ3) is 7.92. The van der Waals surface area contributed by atoms with Crippen molar-refractivity contribution in [2.24, 2.45) is 0 Å². The minimum absolute atomic E-state index is 0.0106. The fraction of sp³-hybridized carbons (Fsp3) is 0.440. The Morgan fingerprint density at radius 3 is 2.24 bits per heavy atom. The molecular weight excluding hydrogens is 518 g/mol. The van der Waals surface area contributed by atoms with Gasteiger partial charge in [0.1, 0.15) is 6.04 Å². The Kier molecular flexibility index (Phi) is 10.7. The van der Waals surface area contributed by atoms with Gasteiger partial charge in [-0.2, -0.15) is 0 Å². The van der Waals surface area contributed by atoms with Gasteiger partial charge >= 0.3 is 0 Å². The summed E-state index contributed by atoms with van der Waals surface area (Å²) in [5.41, 5.74) is 0.906. The van der Waals surface area contributed by atoms with Crippen LogP contribution in [0.25, 0.3) is 0 Å². The zero-order chi connectivity index (χ0) is 25.3. The molecule has 2 atom stereocenters. The third-order valence-corrected chi connectivity index (χ3v) is 8.15. The van der Waals surface area contributed by atoms with Crippen LogP contribution in [-0.2, 0) is 26.2 Å². The van der Waals surface area contributed by atoms with Crippen LogP contribution in [0.1, 0.15) is 45.6 Å². The lowest BCUT2D eigenvalue weighted by atomic mass is 10.1. The van der Waals surface area contributed by atoms with Crippen LogP contribution >= 0.6 is 15.9 Å². The van der Waals surface area contributed by atoms with Crippen molar-refractivity contribution in [1.82, 2.24) is 14.5 Å². The third-order valence-electron chi connectivity index (χ3n) is 5.75. The van der Waals surface area contributed by atoms with Gasteiger partial charge in [-0.1, -0.05) is 53.2 Å². The quantitative estimate of drug-likeness (QED) is 0.428. The van der Waals surface area contributed by atoms with E-state index in [-0.39, 0.29) is 35.7 Å². The van der Waals surface area contributed by atoms with Gasteiger partial charge in [-0.15, -0.1) is 0 Å². The second-order valence-corrected chi connectivity index (χ2v) is 11.3. The van der Waals surface area contributed by atoms with Crippen LogP contribution < -0.4 is 5.32 Å². The molecule has 1 N–H and O–H groups in total. The van der Waals surface area contributed by atoms with Crippen molar-refractivity contribution < 1.29 is 18.0 Å². The van der Waals surface area contributed by atoms with E-state index in [4.69, 9.17) is 0 Å². The highest BCUT2D eigenvalue weighted by Crippen LogP contribution is 2.17. The van der Waals surface area contributed by atoms with Crippen LogP contribution in [0.3, 0.4) is 0 Å². The van der Waals surface area contributed by atoms with Gasteiger partial charge in [-0.05, 0) is 56.5 Å². The number of amides is 2. The Bertz CT molecular complexity index is 1050. The van der Waals surface area contributed by atoms with Crippen LogP contribution in [0, 0.1) is 0 Å². The highest BCUT2D eigenvalue weighted by atomic mass is 79.9. The molecule has 0 bridgehead atoms. The molecule has 0 aliphatic carbocycles. The van der Waals surface area contributed by atoms with Gasteiger partial charge in [0.25, 0.3) is 0 Å². The first-order valence-electron chi connectivity index (χ1n) is 11.4. The number of rotatable bonds is 12. The lowest BCUT2D eigenvalue weighted by molar-refractivity contribution is -0.141. The van der Waals surface area contributed by atoms with E-state index in [1.807, 2.05) is 38.1 Å². The van der Waals surface area contributed by atoms with Gasteiger partial charge in [0.15, 0.2) is 0 Å². The van der Waals surface area contributed by atoms with Crippen molar-refractivity contribution in [3.8, 4) is 0 Å². The highest BCUT2D eigenvalue weighted by molar-refractivity contribution is 9.10. The highest BCUT2D eigenvalue weighted by Gasteiger charge is 2.27. The fourth-order valence-electron chi connectivity index (χ4n) is 3.32. The van der Waals surface area contributed by atoms with Crippen LogP contribution in [0.5, 0.6) is 0 Å². The molecule has 0 aromatic heterocycles. The molecule has 2 aromatic carbocycles. The largest absolute Gasteiger partial charge is 0.352 e. The standard InChI is InChI=1S/C25H34BrN3O4S/c1-5-19(2)27-25(31)20(3)29(18-21-13-15-22(26)16-14-21)24(30)12-9-17-28(4)34(32,33)23-10-7-6-8-11-23/h6-8,10-11,13-16,19-20H,5,9,12,17-18H2,1-4H3,(H,27,31)/t19-,20-/m0/s1. The van der Waals surface area contributed by atoms with E-state index >= 15 is 0 Å². The van der Waals surface area contributed by atoms with Gasteiger partial charge in [0, 0.05) is 37.1 Å². The smallest absolute Gasteiger partial charge is 0.242 e. The molecule has 0 aliphatic rings. The molecule has 9 heteroatoms. The summed E-state index contributed by atoms with van der Waals surface area (Å²) in [5, 5.41) is 2.94. The first-order chi connectivity index (χ1) is 16.1. The van der Waals surface area contributed by atoms with E-state index in [1.54, 1.807) is 42.2 Å². The molecule has 0 unspecified atom stereocenters. The minimum Gasteiger partial charge on any atom is -0.352 e. The zero-order valence-corrected chi connectivity index (χ0v) is 22.6. The summed E-state index contributed by atoms with van der Waals surface area (Å²) in [4.78, 5) is 27.7. The average molecular weight is 553 g/mol. The maximum Gasteiger partial charge on any atom is 0.242 e. The summed E-state index contributed by atoms with van der Waals surface area (Å²) in [6.07, 6.45) is 1.27. The van der Waals surface area contributed by atoms with Crippen LogP contribution in [0.2, 0.25) is 0 Å². The normalized spacial score (nSPS) is 13.4. The first kappa shape index (κ1) is 28.0. The Hall–Kier alpha value is -2.23. The molecule has 2 amide bonds. The Labute approximate surface area is 211 Å². The molecule has 0 saturated heterocycles. The van der Waals surface area contributed by atoms with Crippen LogP contribution in [0.15, 0.2) is 64.0 Å². The molecule has 34 heavy (non-hydrogen) atoms. The second kappa shape index (κ2) is 13.0. The molecule has 2 rings (SSSR count).